The third-order valence-electron chi connectivity index (χ3n) is 2.39. The predicted octanol–water partition coefficient (Wildman–Crippen LogP) is 3.59. The van der Waals surface area contributed by atoms with Crippen molar-refractivity contribution in [2.24, 2.45) is 0 Å². The minimum atomic E-state index is -3.36. The molecule has 0 aromatic rings. The average molecular weight is 246 g/mol. The van der Waals surface area contributed by atoms with E-state index >= 15 is 0 Å². The maximum Gasteiger partial charge on any atom is 0.371 e. The van der Waals surface area contributed by atoms with E-state index in [-0.39, 0.29) is 18.2 Å². The van der Waals surface area contributed by atoms with Crippen molar-refractivity contribution in [3.05, 3.63) is 0 Å². The van der Waals surface area contributed by atoms with E-state index in [2.05, 4.69) is 0 Å². The molecule has 0 fully saturated rings. The molecule has 0 rings (SSSR count). The van der Waals surface area contributed by atoms with Crippen LogP contribution in [-0.2, 0) is 9.09 Å². The summed E-state index contributed by atoms with van der Waals surface area (Å²) in [5.41, 5.74) is 0. The lowest BCUT2D eigenvalue weighted by Crippen LogP contribution is -2.35. The van der Waals surface area contributed by atoms with Gasteiger partial charge in [0.2, 0.25) is 0 Å². The van der Waals surface area contributed by atoms with Crippen molar-refractivity contribution in [3.63, 3.8) is 0 Å². The fourth-order valence-electron chi connectivity index (χ4n) is 1.65. The minimum Gasteiger partial charge on any atom is -0.304 e. The molecule has 0 saturated heterocycles. The maximum absolute atomic E-state index is 12.5. The van der Waals surface area contributed by atoms with Gasteiger partial charge in [-0.05, 0) is 41.0 Å². The first kappa shape index (κ1) is 15.6. The Morgan fingerprint density at radius 3 is 1.94 bits per heavy atom. The molecule has 0 aromatic heterocycles. The van der Waals surface area contributed by atoms with E-state index in [9.17, 15) is 4.57 Å². The number of rotatable bonds is 6. The molecule has 0 bridgehead atoms. The number of hydrogen-bond donors (Lipinski definition) is 0. The third-order valence-corrected chi connectivity index (χ3v) is 4.82. The van der Waals surface area contributed by atoms with Gasteiger partial charge in [-0.15, -0.1) is 0 Å². The van der Waals surface area contributed by atoms with Gasteiger partial charge in [0.25, 0.3) is 0 Å². The average Bonchev–Trinajstić information content (AvgIpc) is 2.16. The van der Waals surface area contributed by atoms with E-state index in [1.165, 1.54) is 0 Å². The van der Waals surface area contributed by atoms with Crippen LogP contribution in [0, 0.1) is 11.1 Å². The smallest absolute Gasteiger partial charge is 0.304 e. The molecule has 0 aliphatic heterocycles. The molecule has 0 saturated carbocycles. The van der Waals surface area contributed by atoms with Gasteiger partial charge in [-0.1, -0.05) is 6.92 Å². The van der Waals surface area contributed by atoms with Crippen LogP contribution in [0.2, 0.25) is 0 Å². The summed E-state index contributed by atoms with van der Waals surface area (Å²) in [6, 6.07) is 0.0454. The van der Waals surface area contributed by atoms with Crippen molar-refractivity contribution in [3.8, 4) is 5.81 Å². The predicted molar refractivity (Wildman–Crippen MR) is 66.2 cm³/mol. The second-order valence-electron chi connectivity index (χ2n) is 4.51. The summed E-state index contributed by atoms with van der Waals surface area (Å²) < 4.78 is 19.6. The summed E-state index contributed by atoms with van der Waals surface area (Å²) in [6.07, 6.45) is 0.584. The molecule has 0 spiro atoms. The molecule has 2 atom stereocenters. The van der Waals surface area contributed by atoms with E-state index < -0.39 is 7.52 Å². The Morgan fingerprint density at radius 2 is 1.69 bits per heavy atom. The van der Waals surface area contributed by atoms with Crippen molar-refractivity contribution in [2.45, 2.75) is 66.2 Å². The molecular weight excluding hydrogens is 223 g/mol. The summed E-state index contributed by atoms with van der Waals surface area (Å²) in [5, 5.41) is 9.12. The van der Waals surface area contributed by atoms with Crippen molar-refractivity contribution in [1.82, 2.24) is 4.67 Å². The van der Waals surface area contributed by atoms with Gasteiger partial charge in [-0.3, -0.25) is 4.57 Å². The van der Waals surface area contributed by atoms with E-state index in [0.29, 0.717) is 0 Å². The lowest BCUT2D eigenvalue weighted by Gasteiger charge is -2.34. The highest BCUT2D eigenvalue weighted by Crippen LogP contribution is 2.53. The number of nitrogens with zero attached hydrogens (tertiary/aromatic N) is 2. The lowest BCUT2D eigenvalue weighted by molar-refractivity contribution is 0.174. The molecule has 0 aromatic carbocycles. The van der Waals surface area contributed by atoms with E-state index in [0.717, 1.165) is 6.42 Å². The number of hydrogen-bond acceptors (Lipinski definition) is 3. The fourth-order valence-corrected chi connectivity index (χ4v) is 3.76. The molecule has 0 amide bonds. The van der Waals surface area contributed by atoms with Crippen LogP contribution in [0.1, 0.15) is 48.0 Å². The fraction of sp³-hybridized carbons (Fsp3) is 0.909. The molecule has 0 aliphatic carbocycles. The SMILES string of the molecule is CCC(C)OP(=O)(C#N)N(C(C)C)C(C)C. The van der Waals surface area contributed by atoms with Crippen molar-refractivity contribution in [2.75, 3.05) is 0 Å². The van der Waals surface area contributed by atoms with Gasteiger partial charge in [-0.25, -0.2) is 4.67 Å². The third kappa shape index (κ3) is 3.90. The molecular formula is C11H23N2O2P. The van der Waals surface area contributed by atoms with Crippen LogP contribution in [0.3, 0.4) is 0 Å². The van der Waals surface area contributed by atoms with Gasteiger partial charge in [0.05, 0.1) is 6.10 Å². The lowest BCUT2D eigenvalue weighted by atomic mass is 10.3. The van der Waals surface area contributed by atoms with Gasteiger partial charge < -0.3 is 4.52 Å². The Balaban J connectivity index is 5.06. The quantitative estimate of drug-likeness (QED) is 0.672. The molecule has 0 aliphatic rings. The van der Waals surface area contributed by atoms with Crippen LogP contribution in [0.5, 0.6) is 0 Å². The van der Waals surface area contributed by atoms with Crippen LogP contribution in [0.25, 0.3) is 0 Å². The summed E-state index contributed by atoms with van der Waals surface area (Å²) in [4.78, 5) is 0. The first-order valence-corrected chi connectivity index (χ1v) is 7.34. The summed E-state index contributed by atoms with van der Waals surface area (Å²) >= 11 is 0. The highest BCUT2D eigenvalue weighted by atomic mass is 31.2. The monoisotopic (exact) mass is 246 g/mol. The normalized spacial score (nSPS) is 17.5. The van der Waals surface area contributed by atoms with Crippen LogP contribution in [0.4, 0.5) is 0 Å². The zero-order chi connectivity index (χ0) is 12.9. The summed E-state index contributed by atoms with van der Waals surface area (Å²) in [7, 11) is -3.36. The highest BCUT2D eigenvalue weighted by molar-refractivity contribution is 7.61. The largest absolute Gasteiger partial charge is 0.371 e. The van der Waals surface area contributed by atoms with Gasteiger partial charge in [0.15, 0.2) is 5.81 Å². The second-order valence-corrected chi connectivity index (χ2v) is 6.43. The Hall–Kier alpha value is -0.360. The van der Waals surface area contributed by atoms with E-state index in [1.807, 2.05) is 47.4 Å². The van der Waals surface area contributed by atoms with Crippen LogP contribution >= 0.6 is 7.52 Å². The van der Waals surface area contributed by atoms with Crippen molar-refractivity contribution >= 4 is 7.52 Å². The molecule has 5 heteroatoms. The van der Waals surface area contributed by atoms with Gasteiger partial charge in [-0.2, -0.15) is 5.26 Å². The molecule has 2 unspecified atom stereocenters. The molecule has 16 heavy (non-hydrogen) atoms. The van der Waals surface area contributed by atoms with Gasteiger partial charge in [0, 0.05) is 12.1 Å². The maximum atomic E-state index is 12.5. The summed E-state index contributed by atoms with van der Waals surface area (Å²) in [5.74, 6) is 1.87. The zero-order valence-electron chi connectivity index (χ0n) is 11.1. The van der Waals surface area contributed by atoms with Crippen molar-refractivity contribution < 1.29 is 9.09 Å². The molecule has 94 valence electrons. The van der Waals surface area contributed by atoms with E-state index in [1.54, 1.807) is 4.67 Å². The van der Waals surface area contributed by atoms with Crippen LogP contribution in [0.15, 0.2) is 0 Å². The first-order chi connectivity index (χ1) is 7.28. The second kappa shape index (κ2) is 6.39. The zero-order valence-corrected chi connectivity index (χ0v) is 12.0. The molecule has 0 N–H and O–H groups in total. The standard InChI is InChI=1S/C11H23N2O2P/c1-7-11(6)15-16(14,8-12)13(9(2)3)10(4)5/h9-11H,7H2,1-6H3. The van der Waals surface area contributed by atoms with Crippen molar-refractivity contribution in [1.29, 1.82) is 5.26 Å². The van der Waals surface area contributed by atoms with Gasteiger partial charge >= 0.3 is 7.52 Å². The Kier molecular flexibility index (Phi) is 6.25. The van der Waals surface area contributed by atoms with Crippen LogP contribution in [-0.4, -0.2) is 22.9 Å². The molecule has 0 radical (unpaired) electrons. The highest BCUT2D eigenvalue weighted by Gasteiger charge is 2.37. The minimum absolute atomic E-state index is 0.0227. The van der Waals surface area contributed by atoms with Gasteiger partial charge in [0.1, 0.15) is 0 Å². The first-order valence-electron chi connectivity index (χ1n) is 5.77. The Labute approximate surface area is 99.1 Å². The molecule has 0 heterocycles. The van der Waals surface area contributed by atoms with Crippen LogP contribution < -0.4 is 0 Å². The summed E-state index contributed by atoms with van der Waals surface area (Å²) in [6.45, 7) is 11.5. The Morgan fingerprint density at radius 1 is 1.25 bits per heavy atom. The number of nitriles is 1. The molecule has 4 nitrogen and oxygen atoms in total. The van der Waals surface area contributed by atoms with E-state index in [4.69, 9.17) is 9.79 Å². The topological polar surface area (TPSA) is 53.3 Å². The Bertz CT molecular complexity index is 289.